The molecule has 14 heavy (non-hydrogen) atoms. The Bertz CT molecular complexity index is 292. The van der Waals surface area contributed by atoms with E-state index in [1.165, 1.54) is 4.31 Å². The monoisotopic (exact) mass is 236 g/mol. The van der Waals surface area contributed by atoms with Gasteiger partial charge in [-0.05, 0) is 12.8 Å². The van der Waals surface area contributed by atoms with Crippen LogP contribution in [0, 0.1) is 0 Å². The molecule has 0 bridgehead atoms. The van der Waals surface area contributed by atoms with Crippen molar-refractivity contribution in [3.05, 3.63) is 0 Å². The summed E-state index contributed by atoms with van der Waals surface area (Å²) >= 11 is 4.62. The van der Waals surface area contributed by atoms with Crippen molar-refractivity contribution in [2.45, 2.75) is 25.7 Å². The van der Waals surface area contributed by atoms with Crippen LogP contribution in [0.15, 0.2) is 0 Å². The number of rotatable bonds is 3. The second-order valence-electron chi connectivity index (χ2n) is 3.54. The number of nitrogens with two attached hydrogens (primary N) is 1. The highest BCUT2D eigenvalue weighted by molar-refractivity contribution is 7.92. The van der Waals surface area contributed by atoms with E-state index in [1.54, 1.807) is 0 Å². The third kappa shape index (κ3) is 3.51. The summed E-state index contributed by atoms with van der Waals surface area (Å²) in [7, 11) is -3.24. The Morgan fingerprint density at radius 2 is 1.71 bits per heavy atom. The van der Waals surface area contributed by atoms with Gasteiger partial charge in [-0.25, -0.2) is 12.7 Å². The lowest BCUT2D eigenvalue weighted by Crippen LogP contribution is -2.37. The molecule has 0 aliphatic carbocycles. The number of thiocarbonyl (C=S) groups is 1. The van der Waals surface area contributed by atoms with Gasteiger partial charge in [0.1, 0.15) is 5.75 Å². The number of nitrogens with zero attached hydrogens (tertiary/aromatic N) is 1. The molecule has 0 radical (unpaired) electrons. The Morgan fingerprint density at radius 1 is 1.21 bits per heavy atom. The molecule has 1 rings (SSSR count). The normalized spacial score (nSPS) is 20.3. The van der Waals surface area contributed by atoms with Crippen LogP contribution in [0.25, 0.3) is 0 Å². The van der Waals surface area contributed by atoms with Crippen LogP contribution in [-0.4, -0.2) is 36.6 Å². The minimum Gasteiger partial charge on any atom is -0.392 e. The van der Waals surface area contributed by atoms with Crippen LogP contribution >= 0.6 is 12.2 Å². The summed E-state index contributed by atoms with van der Waals surface area (Å²) in [6.45, 7) is 1.23. The molecular weight excluding hydrogens is 220 g/mol. The van der Waals surface area contributed by atoms with E-state index in [1.807, 2.05) is 0 Å². The van der Waals surface area contributed by atoms with Crippen molar-refractivity contribution in [3.63, 3.8) is 0 Å². The molecule has 0 spiro atoms. The van der Waals surface area contributed by atoms with Gasteiger partial charge in [0.15, 0.2) is 0 Å². The minimum absolute atomic E-state index is 0.0502. The molecule has 0 atom stereocenters. The molecule has 0 amide bonds. The molecule has 0 aromatic carbocycles. The molecular formula is C8H16N2O2S2. The van der Waals surface area contributed by atoms with Gasteiger partial charge in [0, 0.05) is 13.1 Å². The summed E-state index contributed by atoms with van der Waals surface area (Å²) in [6, 6.07) is 0. The largest absolute Gasteiger partial charge is 0.392 e. The predicted octanol–water partition coefficient (Wildman–Crippen LogP) is 0.478. The zero-order valence-electron chi connectivity index (χ0n) is 8.11. The first-order valence-electron chi connectivity index (χ1n) is 4.78. The summed E-state index contributed by atoms with van der Waals surface area (Å²) < 4.78 is 24.9. The average molecular weight is 236 g/mol. The molecule has 0 saturated carbocycles. The fraction of sp³-hybridized carbons (Fsp3) is 0.875. The molecule has 1 aliphatic heterocycles. The Kier molecular flexibility index (Phi) is 4.28. The highest BCUT2D eigenvalue weighted by Crippen LogP contribution is 2.13. The summed E-state index contributed by atoms with van der Waals surface area (Å²) in [4.78, 5) is 0.0502. The molecule has 0 aromatic rings. The Balaban J connectivity index is 2.64. The topological polar surface area (TPSA) is 63.4 Å². The molecule has 1 saturated heterocycles. The van der Waals surface area contributed by atoms with Gasteiger partial charge < -0.3 is 5.73 Å². The van der Waals surface area contributed by atoms with Crippen LogP contribution in [-0.2, 0) is 10.0 Å². The summed E-state index contributed by atoms with van der Waals surface area (Å²) in [5.74, 6) is -0.192. The third-order valence-electron chi connectivity index (χ3n) is 2.28. The van der Waals surface area contributed by atoms with Gasteiger partial charge in [-0.15, -0.1) is 0 Å². The van der Waals surface area contributed by atoms with Crippen molar-refractivity contribution in [1.82, 2.24) is 4.31 Å². The van der Waals surface area contributed by atoms with E-state index in [0.717, 1.165) is 25.7 Å². The molecule has 0 unspecified atom stereocenters. The maximum atomic E-state index is 11.7. The summed E-state index contributed by atoms with van der Waals surface area (Å²) in [5.41, 5.74) is 5.25. The molecule has 0 aromatic heterocycles. The number of hydrogen-bond acceptors (Lipinski definition) is 3. The molecule has 82 valence electrons. The van der Waals surface area contributed by atoms with Crippen molar-refractivity contribution in [2.24, 2.45) is 5.73 Å². The van der Waals surface area contributed by atoms with Gasteiger partial charge >= 0.3 is 0 Å². The summed E-state index contributed by atoms with van der Waals surface area (Å²) in [5, 5.41) is 0. The highest BCUT2D eigenvalue weighted by Gasteiger charge is 2.23. The van der Waals surface area contributed by atoms with Crippen LogP contribution in [0.4, 0.5) is 0 Å². The maximum absolute atomic E-state index is 11.7. The van der Waals surface area contributed by atoms with Gasteiger partial charge in [0.05, 0.1) is 4.99 Å². The molecule has 1 aliphatic rings. The maximum Gasteiger partial charge on any atom is 0.220 e. The van der Waals surface area contributed by atoms with E-state index in [4.69, 9.17) is 5.73 Å². The van der Waals surface area contributed by atoms with Gasteiger partial charge in [-0.2, -0.15) is 0 Å². The van der Waals surface area contributed by atoms with Crippen molar-refractivity contribution in [3.8, 4) is 0 Å². The Hall–Kier alpha value is -0.200. The van der Waals surface area contributed by atoms with Crippen molar-refractivity contribution >= 4 is 27.2 Å². The van der Waals surface area contributed by atoms with E-state index < -0.39 is 10.0 Å². The van der Waals surface area contributed by atoms with Crippen LogP contribution < -0.4 is 5.73 Å². The summed E-state index contributed by atoms with van der Waals surface area (Å²) in [6.07, 6.45) is 4.10. The van der Waals surface area contributed by atoms with Gasteiger partial charge in [-0.3, -0.25) is 0 Å². The molecule has 4 nitrogen and oxygen atoms in total. The second-order valence-corrected chi connectivity index (χ2v) is 6.03. The number of hydrogen-bond donors (Lipinski definition) is 1. The zero-order chi connectivity index (χ0) is 10.6. The van der Waals surface area contributed by atoms with Crippen molar-refractivity contribution in [1.29, 1.82) is 0 Å². The zero-order valence-corrected chi connectivity index (χ0v) is 9.74. The molecule has 1 heterocycles. The quantitative estimate of drug-likeness (QED) is 0.724. The number of sulfonamides is 1. The van der Waals surface area contributed by atoms with Gasteiger partial charge in [-0.1, -0.05) is 25.1 Å². The lowest BCUT2D eigenvalue weighted by atomic mass is 10.2. The SMILES string of the molecule is NC(=S)CS(=O)(=O)N1CCCCCC1. The Morgan fingerprint density at radius 3 is 2.14 bits per heavy atom. The predicted molar refractivity (Wildman–Crippen MR) is 60.6 cm³/mol. The van der Waals surface area contributed by atoms with Crippen molar-refractivity contribution < 1.29 is 8.42 Å². The smallest absolute Gasteiger partial charge is 0.220 e. The average Bonchev–Trinajstić information content (AvgIpc) is 2.28. The highest BCUT2D eigenvalue weighted by atomic mass is 32.2. The fourth-order valence-corrected chi connectivity index (χ4v) is 3.39. The van der Waals surface area contributed by atoms with E-state index >= 15 is 0 Å². The van der Waals surface area contributed by atoms with Crippen LogP contribution in [0.3, 0.4) is 0 Å². The van der Waals surface area contributed by atoms with Gasteiger partial charge in [0.2, 0.25) is 10.0 Å². The molecule has 6 heteroatoms. The minimum atomic E-state index is -3.24. The van der Waals surface area contributed by atoms with E-state index in [0.29, 0.717) is 13.1 Å². The van der Waals surface area contributed by atoms with E-state index in [2.05, 4.69) is 12.2 Å². The second kappa shape index (κ2) is 5.04. The first kappa shape index (κ1) is 11.9. The van der Waals surface area contributed by atoms with E-state index in [9.17, 15) is 8.42 Å². The molecule has 2 N–H and O–H groups in total. The Labute approximate surface area is 90.5 Å². The van der Waals surface area contributed by atoms with Crippen molar-refractivity contribution in [2.75, 3.05) is 18.8 Å². The lowest BCUT2D eigenvalue weighted by Gasteiger charge is -2.19. The standard InChI is InChI=1S/C8H16N2O2S2/c9-8(13)7-14(11,12)10-5-3-1-2-4-6-10/h1-7H2,(H2,9,13). The van der Waals surface area contributed by atoms with Crippen LogP contribution in [0.5, 0.6) is 0 Å². The molecule has 1 fully saturated rings. The first-order chi connectivity index (χ1) is 6.52. The van der Waals surface area contributed by atoms with Crippen LogP contribution in [0.2, 0.25) is 0 Å². The van der Waals surface area contributed by atoms with E-state index in [-0.39, 0.29) is 10.7 Å². The van der Waals surface area contributed by atoms with Gasteiger partial charge in [0.25, 0.3) is 0 Å². The lowest BCUT2D eigenvalue weighted by molar-refractivity contribution is 0.426. The van der Waals surface area contributed by atoms with Crippen LogP contribution in [0.1, 0.15) is 25.7 Å². The fourth-order valence-electron chi connectivity index (χ4n) is 1.59. The first-order valence-corrected chi connectivity index (χ1v) is 6.80. The third-order valence-corrected chi connectivity index (χ3v) is 4.44.